The lowest BCUT2D eigenvalue weighted by molar-refractivity contribution is -0.152. The first-order chi connectivity index (χ1) is 7.25. The van der Waals surface area contributed by atoms with Gasteiger partial charge < -0.3 is 30.6 Å². The molecule has 0 aliphatic heterocycles. The number of carboxylic acid groups (broad SMARTS) is 2. The van der Waals surface area contributed by atoms with Crippen LogP contribution in [0.5, 0.6) is 0 Å². The number of hydrogen-bond donors (Lipinski definition) is 6. The fourth-order valence-corrected chi connectivity index (χ4v) is 1.03. The van der Waals surface area contributed by atoms with Crippen LogP contribution in [0.15, 0.2) is 0 Å². The molecule has 0 heterocycles. The molecule has 8 heteroatoms. The normalized spacial score (nSPS) is 18.5. The van der Waals surface area contributed by atoms with Crippen LogP contribution in [-0.4, -0.2) is 67.0 Å². The predicted octanol–water partition coefficient (Wildman–Crippen LogP) is -2.62. The number of hydrogen-bond acceptors (Lipinski definition) is 6. The summed E-state index contributed by atoms with van der Waals surface area (Å²) < 4.78 is 0. The lowest BCUT2D eigenvalue weighted by atomic mass is 10.0. The van der Waals surface area contributed by atoms with Gasteiger partial charge in [0.05, 0.1) is 18.6 Å². The van der Waals surface area contributed by atoms with Gasteiger partial charge in [-0.3, -0.25) is 4.79 Å². The van der Waals surface area contributed by atoms with Gasteiger partial charge >= 0.3 is 11.9 Å². The Kier molecular flexibility index (Phi) is 5.89. The minimum absolute atomic E-state index is 0.701. The summed E-state index contributed by atoms with van der Waals surface area (Å²) in [5, 5.41) is 52.9. The summed E-state index contributed by atoms with van der Waals surface area (Å²) in [5.74, 6) is -2.96. The summed E-state index contributed by atoms with van der Waals surface area (Å²) >= 11 is 0. The molecule has 8 nitrogen and oxygen atoms in total. The number of aliphatic hydroxyl groups excluding tert-OH is 4. The molecule has 0 aromatic rings. The molecule has 0 bridgehead atoms. The highest BCUT2D eigenvalue weighted by atomic mass is 16.4. The van der Waals surface area contributed by atoms with Gasteiger partial charge in [-0.2, -0.15) is 0 Å². The topological polar surface area (TPSA) is 156 Å². The van der Waals surface area contributed by atoms with Crippen LogP contribution >= 0.6 is 0 Å². The standard InChI is InChI=1S/C8H14O8/c9-3(1-5(11)8(15)16)7(14)4(10)2-6(12)13/h3-5,7,9-11,14H,1-2H2,(H,12,13)(H,15,16). The fourth-order valence-electron chi connectivity index (χ4n) is 1.03. The first-order valence-corrected chi connectivity index (χ1v) is 4.42. The molecule has 16 heavy (non-hydrogen) atoms. The Morgan fingerprint density at radius 3 is 1.81 bits per heavy atom. The highest BCUT2D eigenvalue weighted by Crippen LogP contribution is 2.09. The van der Waals surface area contributed by atoms with Gasteiger partial charge in [-0.15, -0.1) is 0 Å². The van der Waals surface area contributed by atoms with Crippen molar-refractivity contribution >= 4 is 11.9 Å². The molecule has 0 spiro atoms. The van der Waals surface area contributed by atoms with Crippen molar-refractivity contribution in [2.45, 2.75) is 37.3 Å². The zero-order chi connectivity index (χ0) is 12.9. The van der Waals surface area contributed by atoms with Gasteiger partial charge in [0, 0.05) is 6.42 Å². The second-order valence-electron chi connectivity index (χ2n) is 3.31. The summed E-state index contributed by atoms with van der Waals surface area (Å²) in [4.78, 5) is 20.4. The molecule has 0 aromatic carbocycles. The van der Waals surface area contributed by atoms with Crippen molar-refractivity contribution in [3.05, 3.63) is 0 Å². The van der Waals surface area contributed by atoms with Gasteiger partial charge in [0.25, 0.3) is 0 Å². The molecule has 0 aliphatic carbocycles. The van der Waals surface area contributed by atoms with E-state index in [4.69, 9.17) is 20.4 Å². The fraction of sp³-hybridized carbons (Fsp3) is 0.750. The zero-order valence-electron chi connectivity index (χ0n) is 8.22. The number of aliphatic hydroxyl groups is 4. The summed E-state index contributed by atoms with van der Waals surface area (Å²) in [7, 11) is 0. The SMILES string of the molecule is O=C(O)CC(O)C(O)C(O)CC(O)C(=O)O. The van der Waals surface area contributed by atoms with Crippen molar-refractivity contribution in [1.29, 1.82) is 0 Å². The molecule has 0 rings (SSSR count). The maximum atomic E-state index is 10.2. The van der Waals surface area contributed by atoms with E-state index in [2.05, 4.69) is 0 Å². The molecule has 0 fully saturated rings. The molecular weight excluding hydrogens is 224 g/mol. The second-order valence-corrected chi connectivity index (χ2v) is 3.31. The Bertz CT molecular complexity index is 252. The Morgan fingerprint density at radius 1 is 0.938 bits per heavy atom. The molecule has 0 radical (unpaired) electrons. The van der Waals surface area contributed by atoms with Gasteiger partial charge in [0.2, 0.25) is 0 Å². The summed E-state index contributed by atoms with van der Waals surface area (Å²) in [5.41, 5.74) is 0. The molecule has 4 atom stereocenters. The smallest absolute Gasteiger partial charge is 0.332 e. The lowest BCUT2D eigenvalue weighted by Crippen LogP contribution is -2.41. The van der Waals surface area contributed by atoms with Crippen LogP contribution in [-0.2, 0) is 9.59 Å². The average molecular weight is 238 g/mol. The molecule has 6 N–H and O–H groups in total. The average Bonchev–Trinajstić information content (AvgIpc) is 2.14. The molecule has 0 saturated carbocycles. The molecule has 0 aromatic heterocycles. The van der Waals surface area contributed by atoms with E-state index in [1.165, 1.54) is 0 Å². The number of aliphatic carboxylic acids is 2. The first-order valence-electron chi connectivity index (χ1n) is 4.42. The first kappa shape index (κ1) is 14.8. The molecule has 0 amide bonds. The van der Waals surface area contributed by atoms with Crippen molar-refractivity contribution in [2.75, 3.05) is 0 Å². The summed E-state index contributed by atoms with van der Waals surface area (Å²) in [6, 6.07) is 0. The zero-order valence-corrected chi connectivity index (χ0v) is 8.22. The third-order valence-corrected chi connectivity index (χ3v) is 1.92. The highest BCUT2D eigenvalue weighted by molar-refractivity contribution is 5.71. The molecule has 94 valence electrons. The minimum atomic E-state index is -1.89. The summed E-state index contributed by atoms with van der Waals surface area (Å²) in [6.45, 7) is 0. The molecule has 4 unspecified atom stereocenters. The van der Waals surface area contributed by atoms with E-state index in [0.29, 0.717) is 0 Å². The van der Waals surface area contributed by atoms with E-state index in [1.54, 1.807) is 0 Å². The van der Waals surface area contributed by atoms with Crippen LogP contribution in [0.3, 0.4) is 0 Å². The number of carboxylic acids is 2. The van der Waals surface area contributed by atoms with E-state index in [-0.39, 0.29) is 0 Å². The van der Waals surface area contributed by atoms with Gasteiger partial charge in [-0.1, -0.05) is 0 Å². The van der Waals surface area contributed by atoms with Gasteiger partial charge in [-0.25, -0.2) is 4.79 Å². The van der Waals surface area contributed by atoms with Gasteiger partial charge in [0.1, 0.15) is 6.10 Å². The van der Waals surface area contributed by atoms with Crippen LogP contribution in [0.25, 0.3) is 0 Å². The van der Waals surface area contributed by atoms with E-state index in [0.717, 1.165) is 0 Å². The Labute approximate surface area is 90.4 Å². The third kappa shape index (κ3) is 5.03. The predicted molar refractivity (Wildman–Crippen MR) is 48.5 cm³/mol. The van der Waals surface area contributed by atoms with Crippen LogP contribution in [0, 0.1) is 0 Å². The third-order valence-electron chi connectivity index (χ3n) is 1.92. The Balaban J connectivity index is 4.21. The quantitative estimate of drug-likeness (QED) is 0.281. The maximum Gasteiger partial charge on any atom is 0.332 e. The van der Waals surface area contributed by atoms with E-state index in [1.807, 2.05) is 0 Å². The van der Waals surface area contributed by atoms with Gasteiger partial charge in [-0.05, 0) is 0 Å². The van der Waals surface area contributed by atoms with Crippen LogP contribution in [0.1, 0.15) is 12.8 Å². The highest BCUT2D eigenvalue weighted by Gasteiger charge is 2.29. The number of carbonyl (C=O) groups is 2. The van der Waals surface area contributed by atoms with Crippen molar-refractivity contribution in [3.8, 4) is 0 Å². The number of rotatable bonds is 7. The lowest BCUT2D eigenvalue weighted by Gasteiger charge is -2.22. The molecule has 0 saturated heterocycles. The molecule has 0 aliphatic rings. The van der Waals surface area contributed by atoms with E-state index >= 15 is 0 Å². The maximum absolute atomic E-state index is 10.2. The van der Waals surface area contributed by atoms with Crippen molar-refractivity contribution in [1.82, 2.24) is 0 Å². The van der Waals surface area contributed by atoms with Crippen molar-refractivity contribution in [3.63, 3.8) is 0 Å². The second kappa shape index (κ2) is 6.38. The van der Waals surface area contributed by atoms with Crippen LogP contribution in [0.4, 0.5) is 0 Å². The minimum Gasteiger partial charge on any atom is -0.481 e. The van der Waals surface area contributed by atoms with Crippen LogP contribution in [0.2, 0.25) is 0 Å². The largest absolute Gasteiger partial charge is 0.481 e. The Hall–Kier alpha value is -1.22. The van der Waals surface area contributed by atoms with E-state index in [9.17, 15) is 19.8 Å². The summed E-state index contributed by atoms with van der Waals surface area (Å²) in [6.07, 6.45) is -8.66. The molecular formula is C8H14O8. The van der Waals surface area contributed by atoms with Crippen molar-refractivity contribution in [2.24, 2.45) is 0 Å². The monoisotopic (exact) mass is 238 g/mol. The van der Waals surface area contributed by atoms with Crippen LogP contribution < -0.4 is 0 Å². The van der Waals surface area contributed by atoms with Gasteiger partial charge in [0.15, 0.2) is 6.10 Å². The Morgan fingerprint density at radius 2 is 1.44 bits per heavy atom. The van der Waals surface area contributed by atoms with Crippen molar-refractivity contribution < 1.29 is 40.2 Å². The van der Waals surface area contributed by atoms with E-state index < -0.39 is 49.2 Å².